The highest BCUT2D eigenvalue weighted by Gasteiger charge is 2.32. The molecule has 0 spiro atoms. The molecular weight excluding hydrogens is 466 g/mol. The quantitative estimate of drug-likeness (QED) is 0.256. The van der Waals surface area contributed by atoms with E-state index in [1.807, 2.05) is 6.20 Å². The second-order valence-corrected chi connectivity index (χ2v) is 10.6. The average molecular weight is 504 g/mol. The molecule has 2 heterocycles. The van der Waals surface area contributed by atoms with E-state index < -0.39 is 0 Å². The summed E-state index contributed by atoms with van der Waals surface area (Å²) in [4.78, 5) is 7.27. The van der Waals surface area contributed by atoms with E-state index in [1.165, 1.54) is 71.3 Å². The van der Waals surface area contributed by atoms with Crippen LogP contribution in [-0.2, 0) is 19.4 Å². The van der Waals surface area contributed by atoms with Crippen molar-refractivity contribution < 1.29 is 4.74 Å². The van der Waals surface area contributed by atoms with E-state index in [1.54, 1.807) is 12.7 Å². The number of ether oxygens (including phenoxy) is 1. The average Bonchev–Trinajstić information content (AvgIpc) is 3.71. The van der Waals surface area contributed by atoms with Crippen LogP contribution >= 0.6 is 0 Å². The molecule has 3 aromatic carbocycles. The largest absolute Gasteiger partial charge is 0.496 e. The first-order chi connectivity index (χ1) is 18.7. The Bertz CT molecular complexity index is 1440. The van der Waals surface area contributed by atoms with Gasteiger partial charge in [0.1, 0.15) is 5.75 Å². The normalized spacial score (nSPS) is 17.1. The molecule has 38 heavy (non-hydrogen) atoms. The molecule has 1 unspecified atom stereocenters. The van der Waals surface area contributed by atoms with E-state index >= 15 is 0 Å². The molecule has 2 aliphatic rings. The van der Waals surface area contributed by atoms with Crippen LogP contribution in [0, 0.1) is 0 Å². The number of hydrogen-bond acceptors (Lipinski definition) is 4. The summed E-state index contributed by atoms with van der Waals surface area (Å²) in [7, 11) is 1.73. The number of fused-ring (bicyclic) bond motifs is 1. The van der Waals surface area contributed by atoms with Crippen LogP contribution in [-0.4, -0.2) is 29.6 Å². The van der Waals surface area contributed by atoms with Crippen LogP contribution < -0.4 is 10.1 Å². The van der Waals surface area contributed by atoms with E-state index in [4.69, 9.17) is 4.74 Å². The zero-order valence-electron chi connectivity index (χ0n) is 22.5. The van der Waals surface area contributed by atoms with Crippen molar-refractivity contribution in [3.05, 3.63) is 113 Å². The number of aryl methyl sites for hydroxylation is 1. The zero-order chi connectivity index (χ0) is 25.9. The van der Waals surface area contributed by atoms with Crippen LogP contribution in [0.3, 0.4) is 0 Å². The number of pyridine rings is 1. The van der Waals surface area contributed by atoms with Gasteiger partial charge in [-0.1, -0.05) is 49.4 Å². The number of aromatic nitrogens is 1. The van der Waals surface area contributed by atoms with E-state index in [-0.39, 0.29) is 0 Å². The Kier molecular flexibility index (Phi) is 7.15. The maximum Gasteiger partial charge on any atom is 0.124 e. The van der Waals surface area contributed by atoms with Gasteiger partial charge in [-0.15, -0.1) is 0 Å². The number of nitrogens with zero attached hydrogens (tertiary/aromatic N) is 2. The third kappa shape index (κ3) is 5.32. The molecule has 1 aliphatic carbocycles. The topological polar surface area (TPSA) is 37.4 Å². The SMILES string of the molecule is CCc1cc2c(Cc3ccc(NC(=C4CC4)C4CCCN4Cc4ccccc4)cc3)ccnc2cc1OC. The Hall–Kier alpha value is -3.63. The number of nitrogens with one attached hydrogen (secondary N) is 1. The Balaban J connectivity index is 1.18. The lowest BCUT2D eigenvalue weighted by Crippen LogP contribution is -2.33. The number of anilines is 1. The first-order valence-electron chi connectivity index (χ1n) is 14.0. The third-order valence-electron chi connectivity index (χ3n) is 8.05. The molecule has 0 radical (unpaired) electrons. The van der Waals surface area contributed by atoms with Gasteiger partial charge in [0.05, 0.1) is 18.7 Å². The molecule has 1 aliphatic heterocycles. The van der Waals surface area contributed by atoms with E-state index in [0.717, 1.165) is 30.7 Å². The van der Waals surface area contributed by atoms with Gasteiger partial charge in [0, 0.05) is 35.6 Å². The van der Waals surface area contributed by atoms with Crippen LogP contribution in [0.1, 0.15) is 54.9 Å². The van der Waals surface area contributed by atoms with Gasteiger partial charge in [0.25, 0.3) is 0 Å². The summed E-state index contributed by atoms with van der Waals surface area (Å²) in [6.45, 7) is 4.36. The van der Waals surface area contributed by atoms with Crippen LogP contribution in [0.5, 0.6) is 5.75 Å². The minimum atomic E-state index is 0.486. The molecule has 1 aromatic heterocycles. The van der Waals surface area contributed by atoms with Gasteiger partial charge in [0.2, 0.25) is 0 Å². The standard InChI is InChI=1S/C34H37N3O/c1-3-26-21-30-28(17-18-35-31(30)22-33(26)38-2)20-24-11-15-29(16-12-24)36-34(27-13-14-27)32-10-7-19-37(32)23-25-8-5-4-6-9-25/h4-6,8-9,11-12,15-18,21-22,32,36H,3,7,10,13-14,19-20,23H2,1-2H3. The molecular formula is C34H37N3O. The predicted molar refractivity (Wildman–Crippen MR) is 157 cm³/mol. The highest BCUT2D eigenvalue weighted by Crippen LogP contribution is 2.38. The molecule has 0 amide bonds. The summed E-state index contributed by atoms with van der Waals surface area (Å²) >= 11 is 0. The number of methoxy groups -OCH3 is 1. The minimum absolute atomic E-state index is 0.486. The van der Waals surface area contributed by atoms with Gasteiger partial charge in [-0.25, -0.2) is 0 Å². The highest BCUT2D eigenvalue weighted by molar-refractivity contribution is 5.85. The maximum atomic E-state index is 5.59. The lowest BCUT2D eigenvalue weighted by atomic mass is 9.98. The fourth-order valence-electron chi connectivity index (χ4n) is 5.88. The van der Waals surface area contributed by atoms with Crippen molar-refractivity contribution in [1.29, 1.82) is 0 Å². The molecule has 4 heteroatoms. The van der Waals surface area contributed by atoms with Gasteiger partial charge in [-0.2, -0.15) is 0 Å². The molecule has 4 aromatic rings. The van der Waals surface area contributed by atoms with Crippen molar-refractivity contribution in [3.63, 3.8) is 0 Å². The number of likely N-dealkylation sites (tertiary alicyclic amines) is 1. The van der Waals surface area contributed by atoms with Crippen LogP contribution in [0.25, 0.3) is 10.9 Å². The van der Waals surface area contributed by atoms with Gasteiger partial charge >= 0.3 is 0 Å². The Morgan fingerprint density at radius 1 is 0.974 bits per heavy atom. The van der Waals surface area contributed by atoms with Gasteiger partial charge in [-0.3, -0.25) is 9.88 Å². The zero-order valence-corrected chi connectivity index (χ0v) is 22.5. The van der Waals surface area contributed by atoms with Crippen molar-refractivity contribution >= 4 is 16.6 Å². The van der Waals surface area contributed by atoms with E-state index in [0.29, 0.717) is 6.04 Å². The fourth-order valence-corrected chi connectivity index (χ4v) is 5.88. The maximum absolute atomic E-state index is 5.59. The van der Waals surface area contributed by atoms with E-state index in [2.05, 4.69) is 94.9 Å². The van der Waals surface area contributed by atoms with Crippen molar-refractivity contribution in [3.8, 4) is 5.75 Å². The number of rotatable bonds is 9. The first kappa shape index (κ1) is 24.7. The monoisotopic (exact) mass is 503 g/mol. The lowest BCUT2D eigenvalue weighted by Gasteiger charge is -2.28. The van der Waals surface area contributed by atoms with Crippen LogP contribution in [0.2, 0.25) is 0 Å². The van der Waals surface area contributed by atoms with Crippen molar-refractivity contribution in [2.75, 3.05) is 19.0 Å². The number of allylic oxidation sites excluding steroid dienone is 1. The van der Waals surface area contributed by atoms with Crippen molar-refractivity contribution in [2.45, 2.75) is 58.0 Å². The summed E-state index contributed by atoms with van der Waals surface area (Å²) in [5.74, 6) is 0.922. The third-order valence-corrected chi connectivity index (χ3v) is 8.05. The smallest absolute Gasteiger partial charge is 0.124 e. The highest BCUT2D eigenvalue weighted by atomic mass is 16.5. The molecule has 2 fully saturated rings. The summed E-state index contributed by atoms with van der Waals surface area (Å²) in [5.41, 5.74) is 10.5. The lowest BCUT2D eigenvalue weighted by molar-refractivity contribution is 0.272. The summed E-state index contributed by atoms with van der Waals surface area (Å²) in [5, 5.41) is 5.08. The Labute approximate surface area is 226 Å². The Morgan fingerprint density at radius 3 is 2.53 bits per heavy atom. The van der Waals surface area contributed by atoms with Gasteiger partial charge in [-0.05, 0) is 97.2 Å². The number of benzene rings is 3. The summed E-state index contributed by atoms with van der Waals surface area (Å²) < 4.78 is 5.59. The van der Waals surface area contributed by atoms with Gasteiger partial charge in [0.15, 0.2) is 0 Å². The fraction of sp³-hybridized carbons (Fsp3) is 0.324. The van der Waals surface area contributed by atoms with Crippen molar-refractivity contribution in [2.24, 2.45) is 0 Å². The van der Waals surface area contributed by atoms with Crippen molar-refractivity contribution in [1.82, 2.24) is 9.88 Å². The second kappa shape index (κ2) is 11.0. The number of hydrogen-bond donors (Lipinski definition) is 1. The first-order valence-corrected chi connectivity index (χ1v) is 14.0. The minimum Gasteiger partial charge on any atom is -0.496 e. The van der Waals surface area contributed by atoms with Crippen LogP contribution in [0.4, 0.5) is 5.69 Å². The molecule has 1 saturated carbocycles. The predicted octanol–water partition coefficient (Wildman–Crippen LogP) is 7.52. The molecule has 1 N–H and O–H groups in total. The van der Waals surface area contributed by atoms with E-state index in [9.17, 15) is 0 Å². The molecule has 0 bridgehead atoms. The molecule has 1 saturated heterocycles. The molecule has 194 valence electrons. The summed E-state index contributed by atoms with van der Waals surface area (Å²) in [6.07, 6.45) is 8.70. The Morgan fingerprint density at radius 2 is 1.79 bits per heavy atom. The second-order valence-electron chi connectivity index (χ2n) is 10.6. The molecule has 4 nitrogen and oxygen atoms in total. The van der Waals surface area contributed by atoms with Gasteiger partial charge < -0.3 is 10.1 Å². The van der Waals surface area contributed by atoms with Crippen LogP contribution in [0.15, 0.2) is 90.3 Å². The molecule has 6 rings (SSSR count). The summed E-state index contributed by atoms with van der Waals surface area (Å²) in [6, 6.07) is 26.9. The molecule has 1 atom stereocenters.